The lowest BCUT2D eigenvalue weighted by atomic mass is 10.3. The van der Waals surface area contributed by atoms with E-state index in [-0.39, 0.29) is 13.2 Å². The largest absolute Gasteiger partial charge is 0.469 e. The molecule has 0 fully saturated rings. The zero-order valence-electron chi connectivity index (χ0n) is 13.9. The van der Waals surface area contributed by atoms with E-state index in [1.165, 1.54) is 0 Å². The Morgan fingerprint density at radius 2 is 0.917 bits per heavy atom. The molecule has 24 heavy (non-hydrogen) atoms. The van der Waals surface area contributed by atoms with Crippen molar-refractivity contribution in [2.45, 2.75) is 26.7 Å². The molecule has 0 bridgehead atoms. The van der Waals surface area contributed by atoms with Gasteiger partial charge < -0.3 is 18.9 Å². The van der Waals surface area contributed by atoms with Crippen molar-refractivity contribution in [1.29, 1.82) is 0 Å². The summed E-state index contributed by atoms with van der Waals surface area (Å²) in [6.07, 6.45) is -1.12. The van der Waals surface area contributed by atoms with Gasteiger partial charge >= 0.3 is 23.9 Å². The van der Waals surface area contributed by atoms with E-state index in [0.29, 0.717) is 0 Å². The molecule has 0 radical (unpaired) electrons. The number of Topliss-reactive ketones (excluding diaryl/α,β-unsaturated/α-hetero) is 2. The maximum atomic E-state index is 10.7. The van der Waals surface area contributed by atoms with E-state index >= 15 is 0 Å². The Balaban J connectivity index is 0. The summed E-state index contributed by atoms with van der Waals surface area (Å²) in [6.45, 7) is 3.38. The third-order valence-electron chi connectivity index (χ3n) is 2.07. The Kier molecular flexibility index (Phi) is 13.6. The highest BCUT2D eigenvalue weighted by molar-refractivity contribution is 6.37. The van der Waals surface area contributed by atoms with Crippen molar-refractivity contribution in [3.05, 3.63) is 0 Å². The highest BCUT2D eigenvalue weighted by Gasteiger charge is 2.19. The number of methoxy groups -OCH3 is 2. The summed E-state index contributed by atoms with van der Waals surface area (Å²) >= 11 is 0. The zero-order chi connectivity index (χ0) is 19.1. The maximum Gasteiger partial charge on any atom is 0.375 e. The van der Waals surface area contributed by atoms with Crippen LogP contribution in [0.25, 0.3) is 0 Å². The first-order valence-corrected chi connectivity index (χ1v) is 6.76. The second-order valence-electron chi connectivity index (χ2n) is 3.79. The quantitative estimate of drug-likeness (QED) is 0.241. The van der Waals surface area contributed by atoms with Gasteiger partial charge in [-0.2, -0.15) is 0 Å². The molecule has 10 heteroatoms. The summed E-state index contributed by atoms with van der Waals surface area (Å²) < 4.78 is 17.1. The van der Waals surface area contributed by atoms with Crippen molar-refractivity contribution < 1.29 is 47.7 Å². The molecule has 0 aliphatic rings. The third-order valence-corrected chi connectivity index (χ3v) is 2.07. The average molecular weight is 348 g/mol. The molecule has 0 heterocycles. The Labute approximate surface area is 138 Å². The predicted molar refractivity (Wildman–Crippen MR) is 76.5 cm³/mol. The van der Waals surface area contributed by atoms with Gasteiger partial charge in [0.2, 0.25) is 0 Å². The first kappa shape index (κ1) is 23.5. The van der Waals surface area contributed by atoms with Gasteiger partial charge in [-0.15, -0.1) is 0 Å². The fraction of sp³-hybridized carbons (Fsp3) is 0.571. The van der Waals surface area contributed by atoms with Gasteiger partial charge in [0.15, 0.2) is 0 Å². The average Bonchev–Trinajstić information content (AvgIpc) is 2.55. The fourth-order valence-corrected chi connectivity index (χ4v) is 0.974. The van der Waals surface area contributed by atoms with Gasteiger partial charge in [0, 0.05) is 0 Å². The maximum absolute atomic E-state index is 10.7. The van der Waals surface area contributed by atoms with Crippen molar-refractivity contribution in [1.82, 2.24) is 0 Å². The first-order chi connectivity index (χ1) is 11.2. The Bertz CT molecular complexity index is 436. The van der Waals surface area contributed by atoms with Crippen molar-refractivity contribution in [2.75, 3.05) is 27.4 Å². The molecule has 0 saturated heterocycles. The molecule has 0 N–H and O–H groups in total. The minimum Gasteiger partial charge on any atom is -0.469 e. The van der Waals surface area contributed by atoms with Crippen LogP contribution in [-0.2, 0) is 47.7 Å². The van der Waals surface area contributed by atoms with Gasteiger partial charge in [-0.3, -0.25) is 19.2 Å². The number of hydrogen-bond donors (Lipinski definition) is 0. The van der Waals surface area contributed by atoms with E-state index < -0.39 is 48.3 Å². The molecule has 0 unspecified atom stereocenters. The van der Waals surface area contributed by atoms with Gasteiger partial charge in [0.25, 0.3) is 11.6 Å². The van der Waals surface area contributed by atoms with E-state index in [0.717, 1.165) is 14.2 Å². The van der Waals surface area contributed by atoms with Crippen LogP contribution in [0, 0.1) is 0 Å². The number of ketones is 2. The molecule has 136 valence electrons. The molecule has 0 aromatic rings. The van der Waals surface area contributed by atoms with E-state index in [9.17, 15) is 28.8 Å². The molecule has 0 saturated carbocycles. The lowest BCUT2D eigenvalue weighted by Gasteiger charge is -1.98. The molecular formula is C14H20O10. The van der Waals surface area contributed by atoms with Crippen molar-refractivity contribution in [3.63, 3.8) is 0 Å². The number of rotatable bonds is 8. The summed E-state index contributed by atoms with van der Waals surface area (Å²) in [6, 6.07) is 0. The normalized spacial score (nSPS) is 8.83. The second kappa shape index (κ2) is 13.9. The molecule has 0 aliphatic heterocycles. The summed E-state index contributed by atoms with van der Waals surface area (Å²) in [5, 5.41) is 0. The van der Waals surface area contributed by atoms with Gasteiger partial charge in [-0.05, 0) is 13.8 Å². The van der Waals surface area contributed by atoms with E-state index in [1.54, 1.807) is 13.8 Å². The minimum absolute atomic E-state index is 0.117. The zero-order valence-corrected chi connectivity index (χ0v) is 13.9. The highest BCUT2D eigenvalue weighted by Crippen LogP contribution is 1.91. The lowest BCUT2D eigenvalue weighted by molar-refractivity contribution is -0.157. The summed E-state index contributed by atoms with van der Waals surface area (Å²) in [4.78, 5) is 63.6. The van der Waals surface area contributed by atoms with Gasteiger partial charge in [0.1, 0.15) is 12.8 Å². The predicted octanol–water partition coefficient (Wildman–Crippen LogP) is -0.637. The molecular weight excluding hydrogens is 328 g/mol. The second-order valence-corrected chi connectivity index (χ2v) is 3.79. The molecule has 0 rings (SSSR count). The summed E-state index contributed by atoms with van der Waals surface area (Å²) in [5.41, 5.74) is 0. The van der Waals surface area contributed by atoms with Crippen LogP contribution in [0.5, 0.6) is 0 Å². The number of carbonyl (C=O) groups is 6. The topological polar surface area (TPSA) is 139 Å². The van der Waals surface area contributed by atoms with Crippen LogP contribution in [0.3, 0.4) is 0 Å². The highest BCUT2D eigenvalue weighted by atomic mass is 16.5. The Morgan fingerprint density at radius 3 is 1.12 bits per heavy atom. The summed E-state index contributed by atoms with van der Waals surface area (Å²) in [7, 11) is 2.28. The van der Waals surface area contributed by atoms with Crippen LogP contribution < -0.4 is 0 Å². The van der Waals surface area contributed by atoms with E-state index in [4.69, 9.17) is 0 Å². The van der Waals surface area contributed by atoms with Gasteiger partial charge in [-0.25, -0.2) is 9.59 Å². The smallest absolute Gasteiger partial charge is 0.375 e. The molecule has 0 aromatic heterocycles. The molecule has 0 spiro atoms. The standard InChI is InChI=1S/2C7H10O5/c2*1-3-12-7(10)5(8)4-6(9)11-2/h2*3-4H2,1-2H3. The van der Waals surface area contributed by atoms with Crippen molar-refractivity contribution >= 4 is 35.4 Å². The van der Waals surface area contributed by atoms with Crippen LogP contribution in [0.4, 0.5) is 0 Å². The lowest BCUT2D eigenvalue weighted by Crippen LogP contribution is -2.21. The number of hydrogen-bond acceptors (Lipinski definition) is 10. The first-order valence-electron chi connectivity index (χ1n) is 6.76. The van der Waals surface area contributed by atoms with Gasteiger partial charge in [0.05, 0.1) is 27.4 Å². The molecule has 0 atom stereocenters. The molecule has 0 aliphatic carbocycles. The summed E-state index contributed by atoms with van der Waals surface area (Å²) in [5.74, 6) is -5.25. The third kappa shape index (κ3) is 11.8. The SMILES string of the molecule is CCOC(=O)C(=O)CC(=O)OC.CCOC(=O)C(=O)CC(=O)OC. The minimum atomic E-state index is -0.997. The fourth-order valence-electron chi connectivity index (χ4n) is 0.974. The van der Waals surface area contributed by atoms with Gasteiger partial charge in [-0.1, -0.05) is 0 Å². The van der Waals surface area contributed by atoms with Crippen molar-refractivity contribution in [3.8, 4) is 0 Å². The Hall–Kier alpha value is -2.78. The number of ether oxygens (including phenoxy) is 4. The number of carbonyl (C=O) groups excluding carboxylic acids is 6. The number of esters is 4. The van der Waals surface area contributed by atoms with E-state index in [1.807, 2.05) is 0 Å². The van der Waals surface area contributed by atoms with Crippen LogP contribution in [-0.4, -0.2) is 62.9 Å². The molecule has 10 nitrogen and oxygen atoms in total. The Morgan fingerprint density at radius 1 is 0.625 bits per heavy atom. The monoisotopic (exact) mass is 348 g/mol. The van der Waals surface area contributed by atoms with Crippen molar-refractivity contribution in [2.24, 2.45) is 0 Å². The van der Waals surface area contributed by atoms with Crippen LogP contribution in [0.1, 0.15) is 26.7 Å². The van der Waals surface area contributed by atoms with Crippen LogP contribution in [0.2, 0.25) is 0 Å². The van der Waals surface area contributed by atoms with Crippen LogP contribution in [0.15, 0.2) is 0 Å². The van der Waals surface area contributed by atoms with Crippen LogP contribution >= 0.6 is 0 Å². The van der Waals surface area contributed by atoms with E-state index in [2.05, 4.69) is 18.9 Å². The molecule has 0 amide bonds. The molecule has 0 aromatic carbocycles.